The molecule has 0 unspecified atom stereocenters. The number of nitrogens with zero attached hydrogens (tertiary/aromatic N) is 4. The van der Waals surface area contributed by atoms with Crippen molar-refractivity contribution in [2.24, 2.45) is 5.41 Å². The summed E-state index contributed by atoms with van der Waals surface area (Å²) in [6, 6.07) is 9.63. The number of hydrogen-bond donors (Lipinski definition) is 2. The quantitative estimate of drug-likeness (QED) is 0.741. The topological polar surface area (TPSA) is 85.1 Å². The fourth-order valence-electron chi connectivity index (χ4n) is 3.81. The predicted molar refractivity (Wildman–Crippen MR) is 99.8 cm³/mol. The van der Waals surface area contributed by atoms with Gasteiger partial charge in [-0.3, -0.25) is 0 Å². The Kier molecular flexibility index (Phi) is 3.82. The second-order valence-corrected chi connectivity index (χ2v) is 7.35. The van der Waals surface area contributed by atoms with Gasteiger partial charge < -0.3 is 19.7 Å². The van der Waals surface area contributed by atoms with Crippen LogP contribution < -0.4 is 10.1 Å². The first kappa shape index (κ1) is 16.3. The smallest absolute Gasteiger partial charge is 0.335 e. The van der Waals surface area contributed by atoms with Crippen molar-refractivity contribution in [1.82, 2.24) is 25.1 Å². The number of phenolic OH excluding ortho intramolecular Hbond substituents is 1. The van der Waals surface area contributed by atoms with Gasteiger partial charge in [0.25, 0.3) is 0 Å². The largest absolute Gasteiger partial charge is 0.507 e. The summed E-state index contributed by atoms with van der Waals surface area (Å²) in [5.41, 5.74) is 2.25. The fraction of sp³-hybridized carbons (Fsp3) is 0.350. The Balaban J connectivity index is 1.34. The van der Waals surface area contributed by atoms with Gasteiger partial charge in [0.15, 0.2) is 0 Å². The minimum absolute atomic E-state index is 0.140. The van der Waals surface area contributed by atoms with E-state index in [9.17, 15) is 5.11 Å². The molecule has 3 heterocycles. The van der Waals surface area contributed by atoms with E-state index >= 15 is 0 Å². The molecule has 1 aliphatic carbocycles. The van der Waals surface area contributed by atoms with E-state index in [2.05, 4.69) is 20.5 Å². The first-order valence-electron chi connectivity index (χ1n) is 9.27. The van der Waals surface area contributed by atoms with Crippen LogP contribution in [0.15, 0.2) is 48.9 Å². The average molecular weight is 363 g/mol. The van der Waals surface area contributed by atoms with E-state index in [4.69, 9.17) is 4.74 Å². The molecule has 2 aromatic heterocycles. The molecule has 0 bridgehead atoms. The Morgan fingerprint density at radius 1 is 1.19 bits per heavy atom. The molecule has 1 saturated carbocycles. The molecule has 0 radical (unpaired) electrons. The summed E-state index contributed by atoms with van der Waals surface area (Å²) in [5.74, 6) is 0.140. The molecule has 7 heteroatoms. The molecule has 27 heavy (non-hydrogen) atoms. The van der Waals surface area contributed by atoms with Gasteiger partial charge in [0.1, 0.15) is 17.5 Å². The van der Waals surface area contributed by atoms with Gasteiger partial charge in [0.05, 0.1) is 6.20 Å². The number of phenols is 1. The second kappa shape index (κ2) is 6.35. The minimum atomic E-state index is 0.140. The van der Waals surface area contributed by atoms with Gasteiger partial charge in [0.2, 0.25) is 0 Å². The molecule has 2 N–H and O–H groups in total. The van der Waals surface area contributed by atoms with Gasteiger partial charge in [-0.1, -0.05) is 5.10 Å². The van der Waals surface area contributed by atoms with E-state index in [1.165, 1.54) is 12.8 Å². The third kappa shape index (κ3) is 3.04. The number of hydrogen-bond acceptors (Lipinski definition) is 6. The lowest BCUT2D eigenvalue weighted by atomic mass is 9.93. The van der Waals surface area contributed by atoms with E-state index in [1.54, 1.807) is 12.3 Å². The van der Waals surface area contributed by atoms with Crippen molar-refractivity contribution in [2.75, 3.05) is 13.1 Å². The van der Waals surface area contributed by atoms with Gasteiger partial charge in [-0.2, -0.15) is 0 Å². The van der Waals surface area contributed by atoms with Crippen LogP contribution in [0.25, 0.3) is 16.9 Å². The van der Waals surface area contributed by atoms with Gasteiger partial charge in [-0.15, -0.1) is 5.10 Å². The Morgan fingerprint density at radius 2 is 2.04 bits per heavy atom. The van der Waals surface area contributed by atoms with Crippen molar-refractivity contribution >= 4 is 0 Å². The zero-order valence-electron chi connectivity index (χ0n) is 14.9. The number of piperidine rings is 1. The normalized spacial score (nSPS) is 20.5. The van der Waals surface area contributed by atoms with Crippen LogP contribution in [0.2, 0.25) is 0 Å². The Labute approximate surface area is 157 Å². The van der Waals surface area contributed by atoms with Gasteiger partial charge in [-0.25, -0.2) is 4.98 Å². The summed E-state index contributed by atoms with van der Waals surface area (Å²) < 4.78 is 7.96. The third-order valence-corrected chi connectivity index (χ3v) is 5.58. The fourth-order valence-corrected chi connectivity index (χ4v) is 3.81. The Bertz CT molecular complexity index is 936. The molecule has 2 fully saturated rings. The minimum Gasteiger partial charge on any atom is -0.507 e. The molecule has 0 amide bonds. The summed E-state index contributed by atoms with van der Waals surface area (Å²) in [6.45, 7) is 1.96. The van der Waals surface area contributed by atoms with Crippen molar-refractivity contribution in [2.45, 2.75) is 25.4 Å². The molecule has 2 aliphatic rings. The summed E-state index contributed by atoms with van der Waals surface area (Å²) >= 11 is 0. The molecule has 138 valence electrons. The summed E-state index contributed by atoms with van der Waals surface area (Å²) in [4.78, 5) is 4.32. The number of benzene rings is 1. The highest BCUT2D eigenvalue weighted by molar-refractivity contribution is 5.67. The van der Waals surface area contributed by atoms with Gasteiger partial charge in [0, 0.05) is 41.7 Å². The predicted octanol–water partition coefficient (Wildman–Crippen LogP) is 2.56. The first-order chi connectivity index (χ1) is 13.2. The number of nitrogens with one attached hydrogen (secondary N) is 1. The second-order valence-electron chi connectivity index (χ2n) is 7.35. The standard InChI is InChI=1S/C20H21N5O2/c26-17-11-14(25-9-1-2-10-25)3-4-15(17)16-12-22-19(24-23-16)27-18-5-8-21-13-20(18)6-7-20/h1-4,9-12,18,21,26H,5-8,13H2/t18-/m1/s1. The maximum atomic E-state index is 10.4. The zero-order chi connectivity index (χ0) is 18.3. The lowest BCUT2D eigenvalue weighted by Gasteiger charge is -2.31. The number of rotatable bonds is 4. The zero-order valence-corrected chi connectivity index (χ0v) is 14.9. The molecule has 1 saturated heterocycles. The molecule has 3 aromatic rings. The van der Waals surface area contributed by atoms with Crippen LogP contribution >= 0.6 is 0 Å². The molecule has 1 aromatic carbocycles. The van der Waals surface area contributed by atoms with E-state index < -0.39 is 0 Å². The van der Waals surface area contributed by atoms with E-state index in [0.717, 1.165) is 25.2 Å². The van der Waals surface area contributed by atoms with Crippen LogP contribution in [0.4, 0.5) is 0 Å². The van der Waals surface area contributed by atoms with E-state index in [1.807, 2.05) is 41.2 Å². The average Bonchev–Trinajstić information content (AvgIpc) is 3.24. The summed E-state index contributed by atoms with van der Waals surface area (Å²) in [6.07, 6.45) is 8.96. The molecular formula is C20H21N5O2. The van der Waals surface area contributed by atoms with Crippen LogP contribution in [-0.4, -0.2) is 44.0 Å². The van der Waals surface area contributed by atoms with Crippen molar-refractivity contribution in [3.8, 4) is 28.7 Å². The van der Waals surface area contributed by atoms with Crippen molar-refractivity contribution in [3.05, 3.63) is 48.9 Å². The molecule has 1 atom stereocenters. The number of ether oxygens (including phenoxy) is 1. The van der Waals surface area contributed by atoms with Crippen LogP contribution in [0, 0.1) is 5.41 Å². The Hall–Kier alpha value is -2.93. The number of aromatic hydroxyl groups is 1. The summed E-state index contributed by atoms with van der Waals surface area (Å²) in [5, 5.41) is 22.2. The van der Waals surface area contributed by atoms with Crippen molar-refractivity contribution in [1.29, 1.82) is 0 Å². The van der Waals surface area contributed by atoms with Crippen molar-refractivity contribution < 1.29 is 9.84 Å². The molecule has 5 rings (SSSR count). The molecule has 1 spiro atoms. The Morgan fingerprint density at radius 3 is 2.74 bits per heavy atom. The van der Waals surface area contributed by atoms with Crippen LogP contribution in [0.3, 0.4) is 0 Å². The highest BCUT2D eigenvalue weighted by atomic mass is 16.5. The summed E-state index contributed by atoms with van der Waals surface area (Å²) in [7, 11) is 0. The van der Waals surface area contributed by atoms with E-state index in [0.29, 0.717) is 17.3 Å². The molecule has 1 aliphatic heterocycles. The van der Waals surface area contributed by atoms with E-state index in [-0.39, 0.29) is 17.3 Å². The van der Waals surface area contributed by atoms with Crippen LogP contribution in [-0.2, 0) is 0 Å². The van der Waals surface area contributed by atoms with Crippen LogP contribution in [0.5, 0.6) is 11.8 Å². The van der Waals surface area contributed by atoms with Gasteiger partial charge in [-0.05, 0) is 50.1 Å². The lowest BCUT2D eigenvalue weighted by molar-refractivity contribution is 0.0765. The highest BCUT2D eigenvalue weighted by Gasteiger charge is 2.52. The lowest BCUT2D eigenvalue weighted by Crippen LogP contribution is -2.44. The van der Waals surface area contributed by atoms with Crippen LogP contribution in [0.1, 0.15) is 19.3 Å². The van der Waals surface area contributed by atoms with Crippen molar-refractivity contribution in [3.63, 3.8) is 0 Å². The number of aromatic nitrogens is 4. The molecular weight excluding hydrogens is 342 g/mol. The SMILES string of the molecule is Oc1cc(-n2cccc2)ccc1-c1cnc(O[C@@H]2CCNCC23CC3)nn1. The molecule has 7 nitrogen and oxygen atoms in total. The monoisotopic (exact) mass is 363 g/mol. The van der Waals surface area contributed by atoms with Gasteiger partial charge >= 0.3 is 6.01 Å². The first-order valence-corrected chi connectivity index (χ1v) is 9.27. The highest BCUT2D eigenvalue weighted by Crippen LogP contribution is 2.51. The maximum absolute atomic E-state index is 10.4. The maximum Gasteiger partial charge on any atom is 0.335 e. The third-order valence-electron chi connectivity index (χ3n) is 5.58.